The first-order valence-corrected chi connectivity index (χ1v) is 15.3. The van der Waals surface area contributed by atoms with Crippen molar-refractivity contribution in [3.05, 3.63) is 149 Å². The zero-order valence-corrected chi connectivity index (χ0v) is 27.5. The van der Waals surface area contributed by atoms with Crippen molar-refractivity contribution in [2.24, 2.45) is 0 Å². The summed E-state index contributed by atoms with van der Waals surface area (Å²) in [6.07, 6.45) is 5.97. The summed E-state index contributed by atoms with van der Waals surface area (Å²) in [6.45, 7) is 3.76. The summed E-state index contributed by atoms with van der Waals surface area (Å²) in [4.78, 5) is 44.2. The number of benzene rings is 2. The summed E-state index contributed by atoms with van der Waals surface area (Å²) in [5.41, 5.74) is 2.36. The van der Waals surface area contributed by atoms with E-state index in [-0.39, 0.29) is 29.3 Å². The molecule has 4 heterocycles. The molecule has 0 fully saturated rings. The minimum absolute atomic E-state index is 0.00130. The Balaban J connectivity index is 0.000000202. The number of nitrogens with zero attached hydrogens (tertiary/aromatic N) is 5. The van der Waals surface area contributed by atoms with Gasteiger partial charge in [0.05, 0.1) is 24.8 Å². The summed E-state index contributed by atoms with van der Waals surface area (Å²) in [5, 5.41) is 5.31. The third-order valence-corrected chi connectivity index (χ3v) is 6.75. The Bertz CT molecular complexity index is 2220. The lowest BCUT2D eigenvalue weighted by Crippen LogP contribution is -2.13. The van der Waals surface area contributed by atoms with Crippen molar-refractivity contribution in [3.8, 4) is 35.6 Å². The Labute approximate surface area is 296 Å². The molecule has 0 saturated heterocycles. The van der Waals surface area contributed by atoms with Gasteiger partial charge in [-0.05, 0) is 74.5 Å². The number of carbonyl (C=O) groups is 2. The van der Waals surface area contributed by atoms with Gasteiger partial charge in [-0.1, -0.05) is 35.7 Å². The highest BCUT2D eigenvalue weighted by Crippen LogP contribution is 2.29. The van der Waals surface area contributed by atoms with Gasteiger partial charge in [0.15, 0.2) is 5.82 Å². The third kappa shape index (κ3) is 10.4. The molecular formula is C38H28F3N7O4. The Morgan fingerprint density at radius 2 is 1.33 bits per heavy atom. The summed E-state index contributed by atoms with van der Waals surface area (Å²) >= 11 is 0. The smallest absolute Gasteiger partial charge is 0.433 e. The zero-order valence-electron chi connectivity index (χ0n) is 27.5. The van der Waals surface area contributed by atoms with Gasteiger partial charge in [0.25, 0.3) is 11.8 Å². The number of hydrogen-bond donors (Lipinski definition) is 2. The molecule has 0 aliphatic heterocycles. The molecule has 11 nitrogen and oxygen atoms in total. The van der Waals surface area contributed by atoms with Crippen molar-refractivity contribution in [1.82, 2.24) is 24.9 Å². The fraction of sp³-hybridized carbons (Fsp3) is 0.0789. The Hall–Kier alpha value is -7.14. The van der Waals surface area contributed by atoms with E-state index >= 15 is 0 Å². The molecule has 0 aliphatic carbocycles. The third-order valence-electron chi connectivity index (χ3n) is 6.75. The number of anilines is 2. The molecular weight excluding hydrogens is 675 g/mol. The fourth-order valence-corrected chi connectivity index (χ4v) is 4.28. The number of alkyl halides is 3. The van der Waals surface area contributed by atoms with E-state index in [1.807, 2.05) is 26.0 Å². The van der Waals surface area contributed by atoms with Crippen LogP contribution in [0.1, 0.15) is 43.2 Å². The monoisotopic (exact) mass is 703 g/mol. The van der Waals surface area contributed by atoms with E-state index in [4.69, 9.17) is 15.9 Å². The van der Waals surface area contributed by atoms with E-state index < -0.39 is 11.9 Å². The Kier molecular flexibility index (Phi) is 11.5. The van der Waals surface area contributed by atoms with Crippen LogP contribution in [0.2, 0.25) is 0 Å². The highest BCUT2D eigenvalue weighted by Gasteiger charge is 2.32. The molecule has 260 valence electrons. The average molecular weight is 704 g/mol. The summed E-state index contributed by atoms with van der Waals surface area (Å²) in [7, 11) is 0. The molecule has 52 heavy (non-hydrogen) atoms. The second kappa shape index (κ2) is 16.5. The highest BCUT2D eigenvalue weighted by atomic mass is 19.4. The minimum Gasteiger partial charge on any atom is -0.437 e. The number of ether oxygens (including phenoxy) is 2. The van der Waals surface area contributed by atoms with Gasteiger partial charge in [0.1, 0.15) is 23.0 Å². The van der Waals surface area contributed by atoms with Gasteiger partial charge in [-0.15, -0.1) is 6.42 Å². The second-order valence-electron chi connectivity index (χ2n) is 10.8. The van der Waals surface area contributed by atoms with E-state index in [1.54, 1.807) is 72.9 Å². The quantitative estimate of drug-likeness (QED) is 0.151. The van der Waals surface area contributed by atoms with Gasteiger partial charge in [0, 0.05) is 28.5 Å². The number of halogens is 3. The van der Waals surface area contributed by atoms with Crippen LogP contribution >= 0.6 is 0 Å². The lowest BCUT2D eigenvalue weighted by molar-refractivity contribution is -0.141. The van der Waals surface area contributed by atoms with Gasteiger partial charge in [-0.3, -0.25) is 19.6 Å². The molecule has 0 atom stereocenters. The maximum Gasteiger partial charge on any atom is 0.433 e. The van der Waals surface area contributed by atoms with Gasteiger partial charge in [-0.2, -0.15) is 23.1 Å². The molecule has 2 aromatic carbocycles. The van der Waals surface area contributed by atoms with Crippen LogP contribution in [0.15, 0.2) is 116 Å². The first kappa shape index (κ1) is 36.1. The van der Waals surface area contributed by atoms with Crippen molar-refractivity contribution in [2.75, 3.05) is 10.6 Å². The Morgan fingerprint density at radius 3 is 1.98 bits per heavy atom. The molecule has 6 rings (SSSR count). The van der Waals surface area contributed by atoms with E-state index in [0.717, 1.165) is 29.6 Å². The second-order valence-corrected chi connectivity index (χ2v) is 10.8. The zero-order chi connectivity index (χ0) is 37.1. The standard InChI is InChI=1S/C20H15N3O2.C18H13F3N4O2/c1-3-15-6-4-7-16(12-15)20(24)23-18-8-5-9-19(22-18)25-17-11-10-14(2)21-13-17;1-11-3-2-4-12(7-11)17(26)25-15-9-22-10-16(24-15)27-13-5-6-14(23-8-13)18(19,20)21/h1,4-13H,2H3,(H,22,23,24);2-10H,1H3,(H,24,25,26). The van der Waals surface area contributed by atoms with Crippen LogP contribution in [-0.2, 0) is 6.18 Å². The van der Waals surface area contributed by atoms with E-state index in [2.05, 4.69) is 41.5 Å². The minimum atomic E-state index is -4.53. The van der Waals surface area contributed by atoms with Crippen molar-refractivity contribution in [3.63, 3.8) is 0 Å². The molecule has 6 aromatic rings. The van der Waals surface area contributed by atoms with E-state index in [1.165, 1.54) is 12.4 Å². The van der Waals surface area contributed by atoms with Crippen LogP contribution in [0, 0.1) is 26.2 Å². The summed E-state index contributed by atoms with van der Waals surface area (Å²) in [5.74, 6) is 3.35. The maximum atomic E-state index is 12.5. The lowest BCUT2D eigenvalue weighted by atomic mass is 10.1. The van der Waals surface area contributed by atoms with Crippen LogP contribution in [0.5, 0.6) is 23.3 Å². The number of pyridine rings is 3. The number of aryl methyl sites for hydroxylation is 2. The predicted molar refractivity (Wildman–Crippen MR) is 186 cm³/mol. The van der Waals surface area contributed by atoms with Gasteiger partial charge < -0.3 is 20.1 Å². The van der Waals surface area contributed by atoms with E-state index in [0.29, 0.717) is 34.1 Å². The molecule has 14 heteroatoms. The lowest BCUT2D eigenvalue weighted by Gasteiger charge is -2.09. The van der Waals surface area contributed by atoms with Gasteiger partial charge in [0.2, 0.25) is 11.8 Å². The van der Waals surface area contributed by atoms with Crippen molar-refractivity contribution in [2.45, 2.75) is 20.0 Å². The van der Waals surface area contributed by atoms with Crippen LogP contribution in [-0.4, -0.2) is 36.7 Å². The molecule has 0 aliphatic rings. The number of carbonyl (C=O) groups excluding carboxylic acids is 2. The number of rotatable bonds is 8. The maximum absolute atomic E-state index is 12.5. The van der Waals surface area contributed by atoms with Crippen LogP contribution in [0.3, 0.4) is 0 Å². The number of hydrogen-bond acceptors (Lipinski definition) is 9. The number of aromatic nitrogens is 5. The molecule has 0 saturated carbocycles. The van der Waals surface area contributed by atoms with Crippen LogP contribution in [0.25, 0.3) is 0 Å². The summed E-state index contributed by atoms with van der Waals surface area (Å²) in [6, 6.07) is 24.5. The highest BCUT2D eigenvalue weighted by molar-refractivity contribution is 6.04. The number of amides is 2. The van der Waals surface area contributed by atoms with Gasteiger partial charge in [-0.25, -0.2) is 4.98 Å². The topological polar surface area (TPSA) is 141 Å². The fourth-order valence-electron chi connectivity index (χ4n) is 4.28. The number of terminal acetylenes is 1. The molecule has 2 amide bonds. The molecule has 0 unspecified atom stereocenters. The average Bonchev–Trinajstić information content (AvgIpc) is 3.13. The van der Waals surface area contributed by atoms with Crippen LogP contribution in [0.4, 0.5) is 24.8 Å². The van der Waals surface area contributed by atoms with Crippen molar-refractivity contribution < 1.29 is 32.2 Å². The molecule has 0 radical (unpaired) electrons. The number of nitrogens with one attached hydrogen (secondary N) is 2. The van der Waals surface area contributed by atoms with Crippen molar-refractivity contribution >= 4 is 23.5 Å². The van der Waals surface area contributed by atoms with Crippen molar-refractivity contribution in [1.29, 1.82) is 0 Å². The molecule has 0 bridgehead atoms. The molecule has 2 N–H and O–H groups in total. The molecule has 4 aromatic heterocycles. The summed E-state index contributed by atoms with van der Waals surface area (Å²) < 4.78 is 48.5. The largest absolute Gasteiger partial charge is 0.437 e. The normalized spacial score (nSPS) is 10.5. The van der Waals surface area contributed by atoms with Crippen LogP contribution < -0.4 is 20.1 Å². The van der Waals surface area contributed by atoms with E-state index in [9.17, 15) is 22.8 Å². The predicted octanol–water partition coefficient (Wildman–Crippen LogP) is 8.05. The first-order valence-electron chi connectivity index (χ1n) is 15.3. The molecule has 0 spiro atoms. The SMILES string of the molecule is C#Cc1cccc(C(=O)Nc2cccc(Oc3ccc(C)nc3)n2)c1.Cc1cccc(C(=O)Nc2cncc(Oc3ccc(C(F)(F)F)nc3)n2)c1. The Morgan fingerprint density at radius 1 is 0.692 bits per heavy atom. The first-order chi connectivity index (χ1) is 24.9. The van der Waals surface area contributed by atoms with Gasteiger partial charge >= 0.3 is 6.18 Å².